The molecule has 0 unspecified atom stereocenters. The van der Waals surface area contributed by atoms with Gasteiger partial charge in [0, 0.05) is 41.3 Å². The summed E-state index contributed by atoms with van der Waals surface area (Å²) in [5.41, 5.74) is 1.63. The fourth-order valence-electron chi connectivity index (χ4n) is 2.35. The Balaban J connectivity index is 1.69. The first-order chi connectivity index (χ1) is 11.6. The molecule has 0 aliphatic carbocycles. The number of hydrogen-bond donors (Lipinski definition) is 1. The van der Waals surface area contributed by atoms with E-state index >= 15 is 0 Å². The third-order valence-corrected chi connectivity index (χ3v) is 5.69. The zero-order chi connectivity index (χ0) is 16.9. The molecule has 0 radical (unpaired) electrons. The fraction of sp³-hybridized carbons (Fsp3) is 0.222. The summed E-state index contributed by atoms with van der Waals surface area (Å²) in [6.07, 6.45) is 1.77. The van der Waals surface area contributed by atoms with Crippen LogP contribution in [-0.4, -0.2) is 22.8 Å². The molecule has 3 rings (SSSR count). The summed E-state index contributed by atoms with van der Waals surface area (Å²) in [6.45, 7) is 2.76. The summed E-state index contributed by atoms with van der Waals surface area (Å²) in [7, 11) is 1.82. The molecule has 24 heavy (non-hydrogen) atoms. The summed E-state index contributed by atoms with van der Waals surface area (Å²) < 4.78 is 0. The van der Waals surface area contributed by atoms with Crippen LogP contribution in [0.1, 0.15) is 33.2 Å². The lowest BCUT2D eigenvalue weighted by Gasteiger charge is -2.23. The number of hydrogen-bond acceptors (Lipinski definition) is 5. The van der Waals surface area contributed by atoms with Crippen LogP contribution in [0, 0.1) is 0 Å². The second-order valence-electron chi connectivity index (χ2n) is 5.48. The lowest BCUT2D eigenvalue weighted by molar-refractivity contribution is 0.0742. The SMILES string of the molecule is C[C@H](c1nccs1)N(C)C(=O)c1cccc(NCc2cccs2)c1. The summed E-state index contributed by atoms with van der Waals surface area (Å²) in [6, 6.07) is 11.7. The highest BCUT2D eigenvalue weighted by Gasteiger charge is 2.20. The Morgan fingerprint density at radius 2 is 2.12 bits per heavy atom. The van der Waals surface area contributed by atoms with E-state index in [2.05, 4.69) is 21.7 Å². The molecule has 1 aromatic carbocycles. The summed E-state index contributed by atoms with van der Waals surface area (Å²) in [5, 5.41) is 8.30. The Morgan fingerprint density at radius 1 is 1.25 bits per heavy atom. The van der Waals surface area contributed by atoms with Crippen LogP contribution in [0.3, 0.4) is 0 Å². The second kappa shape index (κ2) is 7.59. The van der Waals surface area contributed by atoms with Crippen molar-refractivity contribution in [2.45, 2.75) is 19.5 Å². The highest BCUT2D eigenvalue weighted by atomic mass is 32.1. The Bertz CT molecular complexity index is 784. The predicted molar refractivity (Wildman–Crippen MR) is 101 cm³/mol. The van der Waals surface area contributed by atoms with Crippen LogP contribution in [0.4, 0.5) is 5.69 Å². The molecule has 2 heterocycles. The molecule has 0 fully saturated rings. The van der Waals surface area contributed by atoms with Crippen LogP contribution in [0.2, 0.25) is 0 Å². The summed E-state index contributed by atoms with van der Waals surface area (Å²) >= 11 is 3.28. The van der Waals surface area contributed by atoms with Gasteiger partial charge in [0.15, 0.2) is 0 Å². The van der Waals surface area contributed by atoms with Crippen molar-refractivity contribution in [2.75, 3.05) is 12.4 Å². The molecule has 2 aromatic heterocycles. The first-order valence-electron chi connectivity index (χ1n) is 7.68. The van der Waals surface area contributed by atoms with E-state index in [0.717, 1.165) is 17.2 Å². The summed E-state index contributed by atoms with van der Waals surface area (Å²) in [4.78, 5) is 20.0. The van der Waals surface area contributed by atoms with Gasteiger partial charge < -0.3 is 10.2 Å². The van der Waals surface area contributed by atoms with E-state index in [1.807, 2.05) is 49.7 Å². The van der Waals surface area contributed by atoms with Gasteiger partial charge >= 0.3 is 0 Å². The Morgan fingerprint density at radius 3 is 2.83 bits per heavy atom. The van der Waals surface area contributed by atoms with Gasteiger partial charge in [-0.25, -0.2) is 4.98 Å². The van der Waals surface area contributed by atoms with Crippen molar-refractivity contribution in [3.05, 3.63) is 68.8 Å². The molecule has 0 aliphatic rings. The molecule has 124 valence electrons. The van der Waals surface area contributed by atoms with E-state index in [9.17, 15) is 4.79 Å². The number of thiazole rings is 1. The highest BCUT2D eigenvalue weighted by Crippen LogP contribution is 2.23. The van der Waals surface area contributed by atoms with E-state index in [-0.39, 0.29) is 11.9 Å². The van der Waals surface area contributed by atoms with E-state index in [4.69, 9.17) is 0 Å². The molecule has 0 saturated carbocycles. The number of benzene rings is 1. The normalized spacial score (nSPS) is 11.9. The van der Waals surface area contributed by atoms with Gasteiger partial charge in [-0.05, 0) is 36.6 Å². The summed E-state index contributed by atoms with van der Waals surface area (Å²) in [5.74, 6) is -0.00234. The standard InChI is InChI=1S/C18H19N3OS2/c1-13(17-19-8-10-24-17)21(2)18(22)14-5-3-6-15(11-14)20-12-16-7-4-9-23-16/h3-11,13,20H,12H2,1-2H3/t13-/m1/s1. The Hall–Kier alpha value is -2.18. The van der Waals surface area contributed by atoms with Gasteiger partial charge in [0.05, 0.1) is 6.04 Å². The quantitative estimate of drug-likeness (QED) is 0.698. The molecule has 1 amide bonds. The molecule has 1 atom stereocenters. The number of rotatable bonds is 6. The van der Waals surface area contributed by atoms with Crippen LogP contribution in [0.15, 0.2) is 53.4 Å². The monoisotopic (exact) mass is 357 g/mol. The van der Waals surface area contributed by atoms with Crippen molar-refractivity contribution in [3.8, 4) is 0 Å². The molecule has 4 nitrogen and oxygen atoms in total. The molecular formula is C18H19N3OS2. The third kappa shape index (κ3) is 3.83. The topological polar surface area (TPSA) is 45.2 Å². The number of nitrogens with zero attached hydrogens (tertiary/aromatic N) is 2. The van der Waals surface area contributed by atoms with E-state index in [1.165, 1.54) is 4.88 Å². The van der Waals surface area contributed by atoms with Crippen molar-refractivity contribution in [1.82, 2.24) is 9.88 Å². The zero-order valence-electron chi connectivity index (χ0n) is 13.6. The molecule has 0 spiro atoms. The Labute approximate surface area is 149 Å². The van der Waals surface area contributed by atoms with Gasteiger partial charge in [-0.15, -0.1) is 22.7 Å². The number of nitrogens with one attached hydrogen (secondary N) is 1. The van der Waals surface area contributed by atoms with Crippen LogP contribution < -0.4 is 5.32 Å². The lowest BCUT2D eigenvalue weighted by Crippen LogP contribution is -2.29. The number of thiophene rings is 1. The third-order valence-electron chi connectivity index (χ3n) is 3.87. The fourth-order valence-corrected chi connectivity index (χ4v) is 3.73. The van der Waals surface area contributed by atoms with E-state index < -0.39 is 0 Å². The molecular weight excluding hydrogens is 338 g/mol. The molecule has 0 aliphatic heterocycles. The second-order valence-corrected chi connectivity index (χ2v) is 7.43. The van der Waals surface area contributed by atoms with Crippen molar-refractivity contribution < 1.29 is 4.79 Å². The predicted octanol–water partition coefficient (Wildman–Crippen LogP) is 4.65. The smallest absolute Gasteiger partial charge is 0.254 e. The number of carbonyl (C=O) groups is 1. The molecule has 1 N–H and O–H groups in total. The van der Waals surface area contributed by atoms with Crippen molar-refractivity contribution in [3.63, 3.8) is 0 Å². The first-order valence-corrected chi connectivity index (χ1v) is 9.44. The van der Waals surface area contributed by atoms with Crippen LogP contribution >= 0.6 is 22.7 Å². The molecule has 6 heteroatoms. The van der Waals surface area contributed by atoms with Gasteiger partial charge in [0.1, 0.15) is 5.01 Å². The molecule has 0 saturated heterocycles. The van der Waals surface area contributed by atoms with Gasteiger partial charge in [-0.3, -0.25) is 4.79 Å². The lowest BCUT2D eigenvalue weighted by atomic mass is 10.1. The maximum Gasteiger partial charge on any atom is 0.254 e. The average Bonchev–Trinajstić information content (AvgIpc) is 3.31. The van der Waals surface area contributed by atoms with Gasteiger partial charge in [-0.1, -0.05) is 12.1 Å². The minimum Gasteiger partial charge on any atom is -0.380 e. The number of carbonyl (C=O) groups excluding carboxylic acids is 1. The van der Waals surface area contributed by atoms with Crippen molar-refractivity contribution in [1.29, 1.82) is 0 Å². The Kier molecular flexibility index (Phi) is 5.27. The van der Waals surface area contributed by atoms with Gasteiger partial charge in [-0.2, -0.15) is 0 Å². The van der Waals surface area contributed by atoms with Crippen LogP contribution in [0.5, 0.6) is 0 Å². The van der Waals surface area contributed by atoms with E-state index in [0.29, 0.717) is 5.56 Å². The van der Waals surface area contributed by atoms with Gasteiger partial charge in [0.2, 0.25) is 0 Å². The first kappa shape index (κ1) is 16.7. The van der Waals surface area contributed by atoms with Crippen molar-refractivity contribution in [2.24, 2.45) is 0 Å². The highest BCUT2D eigenvalue weighted by molar-refractivity contribution is 7.10. The maximum absolute atomic E-state index is 12.7. The largest absolute Gasteiger partial charge is 0.380 e. The number of aromatic nitrogens is 1. The van der Waals surface area contributed by atoms with Gasteiger partial charge in [0.25, 0.3) is 5.91 Å². The molecule has 3 aromatic rings. The average molecular weight is 358 g/mol. The minimum absolute atomic E-state index is 0.00234. The molecule has 0 bridgehead atoms. The van der Waals surface area contributed by atoms with E-state index in [1.54, 1.807) is 33.8 Å². The maximum atomic E-state index is 12.7. The number of anilines is 1. The number of amides is 1. The van der Waals surface area contributed by atoms with Crippen LogP contribution in [-0.2, 0) is 6.54 Å². The minimum atomic E-state index is -0.0414. The van der Waals surface area contributed by atoms with Crippen LogP contribution in [0.25, 0.3) is 0 Å². The van der Waals surface area contributed by atoms with Crippen molar-refractivity contribution >= 4 is 34.3 Å². The zero-order valence-corrected chi connectivity index (χ0v) is 15.2.